The first-order valence-electron chi connectivity index (χ1n) is 6.72. The number of nitrogens with zero attached hydrogens (tertiary/aromatic N) is 1. The number of Topliss-reactive ketones (excluding diaryl/α,β-unsaturated/α-hetero) is 1. The van der Waals surface area contributed by atoms with Crippen molar-refractivity contribution >= 4 is 27.3 Å². The molecular formula is C17H15NO2S. The molecule has 3 rings (SSSR count). The van der Waals surface area contributed by atoms with Crippen LogP contribution in [0.1, 0.15) is 20.9 Å². The molecule has 0 spiro atoms. The highest BCUT2D eigenvalue weighted by Crippen LogP contribution is 2.22. The summed E-state index contributed by atoms with van der Waals surface area (Å²) in [5, 5.41) is 0.577. The first kappa shape index (κ1) is 13.9. The van der Waals surface area contributed by atoms with Crippen molar-refractivity contribution in [3.05, 3.63) is 64.7 Å². The quantitative estimate of drug-likeness (QED) is 0.671. The Balaban J connectivity index is 1.80. The Labute approximate surface area is 127 Å². The summed E-state index contributed by atoms with van der Waals surface area (Å²) < 4.78 is 6.17. The number of fused-ring (bicyclic) bond motifs is 1. The highest BCUT2D eigenvalue weighted by atomic mass is 32.1. The molecule has 0 aliphatic carbocycles. The number of aromatic nitrogens is 1. The lowest BCUT2D eigenvalue weighted by Gasteiger charge is -2.03. The second-order valence-electron chi connectivity index (χ2n) is 4.84. The third-order valence-electron chi connectivity index (χ3n) is 3.20. The van der Waals surface area contributed by atoms with Crippen LogP contribution in [0.5, 0.6) is 0 Å². The SMILES string of the molecule is COCc1cccc(CC(=O)c2nc3ccccc3s2)c1. The van der Waals surface area contributed by atoms with Crippen LogP contribution >= 0.6 is 11.3 Å². The van der Waals surface area contributed by atoms with E-state index in [1.807, 2.05) is 48.5 Å². The monoisotopic (exact) mass is 297 g/mol. The summed E-state index contributed by atoms with van der Waals surface area (Å²) >= 11 is 1.45. The summed E-state index contributed by atoms with van der Waals surface area (Å²) in [4.78, 5) is 16.8. The maximum atomic E-state index is 12.4. The van der Waals surface area contributed by atoms with Crippen molar-refractivity contribution in [3.63, 3.8) is 0 Å². The van der Waals surface area contributed by atoms with Gasteiger partial charge in [0.25, 0.3) is 0 Å². The fourth-order valence-electron chi connectivity index (χ4n) is 2.25. The van der Waals surface area contributed by atoms with Crippen molar-refractivity contribution in [2.45, 2.75) is 13.0 Å². The lowest BCUT2D eigenvalue weighted by Crippen LogP contribution is -2.03. The van der Waals surface area contributed by atoms with Gasteiger partial charge in [-0.25, -0.2) is 4.98 Å². The minimum absolute atomic E-state index is 0.0609. The predicted molar refractivity (Wildman–Crippen MR) is 84.8 cm³/mol. The number of ether oxygens (including phenoxy) is 1. The summed E-state index contributed by atoms with van der Waals surface area (Å²) in [5.74, 6) is 0.0609. The van der Waals surface area contributed by atoms with Crippen LogP contribution in [0.4, 0.5) is 0 Å². The number of carbonyl (C=O) groups excluding carboxylic acids is 1. The molecule has 0 N–H and O–H groups in total. The first-order valence-corrected chi connectivity index (χ1v) is 7.53. The second kappa shape index (κ2) is 6.16. The van der Waals surface area contributed by atoms with Gasteiger partial charge in [0.2, 0.25) is 0 Å². The number of methoxy groups -OCH3 is 1. The lowest BCUT2D eigenvalue weighted by molar-refractivity contribution is 0.0992. The van der Waals surface area contributed by atoms with E-state index in [0.29, 0.717) is 18.0 Å². The minimum atomic E-state index is 0.0609. The highest BCUT2D eigenvalue weighted by molar-refractivity contribution is 7.20. The zero-order valence-corrected chi connectivity index (χ0v) is 12.5. The van der Waals surface area contributed by atoms with Crippen LogP contribution in [0.3, 0.4) is 0 Å². The summed E-state index contributed by atoms with van der Waals surface area (Å²) in [5.41, 5.74) is 2.96. The topological polar surface area (TPSA) is 39.2 Å². The Hall–Kier alpha value is -2.04. The third kappa shape index (κ3) is 3.17. The van der Waals surface area contributed by atoms with Gasteiger partial charge in [0, 0.05) is 13.5 Å². The van der Waals surface area contributed by atoms with Gasteiger partial charge < -0.3 is 4.74 Å². The van der Waals surface area contributed by atoms with Gasteiger partial charge in [-0.05, 0) is 23.3 Å². The van der Waals surface area contributed by atoms with Crippen LogP contribution in [-0.2, 0) is 17.8 Å². The lowest BCUT2D eigenvalue weighted by atomic mass is 10.1. The molecule has 21 heavy (non-hydrogen) atoms. The smallest absolute Gasteiger partial charge is 0.195 e. The molecule has 0 bridgehead atoms. The number of hydrogen-bond acceptors (Lipinski definition) is 4. The number of ketones is 1. The Morgan fingerprint density at radius 3 is 2.76 bits per heavy atom. The van der Waals surface area contributed by atoms with Crippen LogP contribution in [0.2, 0.25) is 0 Å². The fraction of sp³-hybridized carbons (Fsp3) is 0.176. The van der Waals surface area contributed by atoms with E-state index in [1.54, 1.807) is 7.11 Å². The van der Waals surface area contributed by atoms with E-state index in [9.17, 15) is 4.79 Å². The molecular weight excluding hydrogens is 282 g/mol. The van der Waals surface area contributed by atoms with E-state index in [2.05, 4.69) is 4.98 Å². The number of hydrogen-bond donors (Lipinski definition) is 0. The van der Waals surface area contributed by atoms with Crippen LogP contribution in [-0.4, -0.2) is 17.9 Å². The van der Waals surface area contributed by atoms with E-state index in [-0.39, 0.29) is 5.78 Å². The zero-order valence-electron chi connectivity index (χ0n) is 11.7. The van der Waals surface area contributed by atoms with E-state index < -0.39 is 0 Å². The molecule has 106 valence electrons. The number of benzene rings is 2. The first-order chi connectivity index (χ1) is 10.3. The Morgan fingerprint density at radius 2 is 1.95 bits per heavy atom. The predicted octanol–water partition coefficient (Wildman–Crippen LogP) is 3.87. The molecule has 4 heteroatoms. The molecule has 0 radical (unpaired) electrons. The zero-order chi connectivity index (χ0) is 14.7. The van der Waals surface area contributed by atoms with E-state index >= 15 is 0 Å². The van der Waals surface area contributed by atoms with Gasteiger partial charge in [0.05, 0.1) is 16.8 Å². The van der Waals surface area contributed by atoms with Crippen LogP contribution in [0.25, 0.3) is 10.2 Å². The van der Waals surface area contributed by atoms with Gasteiger partial charge in [-0.1, -0.05) is 36.4 Å². The summed E-state index contributed by atoms with van der Waals surface area (Å²) in [6.45, 7) is 0.559. The van der Waals surface area contributed by atoms with Crippen molar-refractivity contribution in [2.75, 3.05) is 7.11 Å². The standard InChI is InChI=1S/C17H15NO2S/c1-20-11-13-6-4-5-12(9-13)10-15(19)17-18-14-7-2-3-8-16(14)21-17/h2-9H,10-11H2,1H3. The largest absolute Gasteiger partial charge is 0.380 e. The Morgan fingerprint density at radius 1 is 1.14 bits per heavy atom. The molecule has 0 amide bonds. The molecule has 3 nitrogen and oxygen atoms in total. The third-order valence-corrected chi connectivity index (χ3v) is 4.28. The van der Waals surface area contributed by atoms with Gasteiger partial charge in [-0.15, -0.1) is 11.3 Å². The van der Waals surface area contributed by atoms with Crippen molar-refractivity contribution in [2.24, 2.45) is 0 Å². The van der Waals surface area contributed by atoms with Crippen molar-refractivity contribution in [1.29, 1.82) is 0 Å². The van der Waals surface area contributed by atoms with E-state index in [1.165, 1.54) is 11.3 Å². The number of carbonyl (C=O) groups is 1. The fourth-order valence-corrected chi connectivity index (χ4v) is 3.15. The maximum absolute atomic E-state index is 12.4. The van der Waals surface area contributed by atoms with Crippen LogP contribution < -0.4 is 0 Å². The molecule has 3 aromatic rings. The molecule has 0 unspecified atom stereocenters. The average Bonchev–Trinajstić information content (AvgIpc) is 2.92. The molecule has 0 aliphatic rings. The van der Waals surface area contributed by atoms with Crippen molar-refractivity contribution in [1.82, 2.24) is 4.98 Å². The van der Waals surface area contributed by atoms with Crippen LogP contribution in [0, 0.1) is 0 Å². The molecule has 1 aromatic heterocycles. The number of para-hydroxylation sites is 1. The second-order valence-corrected chi connectivity index (χ2v) is 5.87. The van der Waals surface area contributed by atoms with Gasteiger partial charge in [-0.2, -0.15) is 0 Å². The van der Waals surface area contributed by atoms with Gasteiger partial charge in [-0.3, -0.25) is 4.79 Å². The molecule has 0 saturated carbocycles. The molecule has 0 fully saturated rings. The van der Waals surface area contributed by atoms with E-state index in [0.717, 1.165) is 21.3 Å². The van der Waals surface area contributed by atoms with Crippen molar-refractivity contribution in [3.8, 4) is 0 Å². The maximum Gasteiger partial charge on any atom is 0.195 e. The normalized spacial score (nSPS) is 10.9. The molecule has 1 heterocycles. The Kier molecular flexibility index (Phi) is 4.08. The molecule has 0 atom stereocenters. The van der Waals surface area contributed by atoms with Gasteiger partial charge >= 0.3 is 0 Å². The van der Waals surface area contributed by atoms with Gasteiger partial charge in [0.1, 0.15) is 0 Å². The Bertz CT molecular complexity index is 746. The highest BCUT2D eigenvalue weighted by Gasteiger charge is 2.13. The summed E-state index contributed by atoms with van der Waals surface area (Å²) in [7, 11) is 1.67. The summed E-state index contributed by atoms with van der Waals surface area (Å²) in [6, 6.07) is 15.7. The molecule has 0 saturated heterocycles. The number of thiazole rings is 1. The van der Waals surface area contributed by atoms with Gasteiger partial charge in [0.15, 0.2) is 10.8 Å². The average molecular weight is 297 g/mol. The van der Waals surface area contributed by atoms with Crippen LogP contribution in [0.15, 0.2) is 48.5 Å². The molecule has 2 aromatic carbocycles. The molecule has 0 aliphatic heterocycles. The van der Waals surface area contributed by atoms with Crippen molar-refractivity contribution < 1.29 is 9.53 Å². The minimum Gasteiger partial charge on any atom is -0.380 e. The summed E-state index contributed by atoms with van der Waals surface area (Å²) in [6.07, 6.45) is 0.372. The van der Waals surface area contributed by atoms with E-state index in [4.69, 9.17) is 4.74 Å². The number of rotatable bonds is 5.